The summed E-state index contributed by atoms with van der Waals surface area (Å²) in [5, 5.41) is 0. The first kappa shape index (κ1) is 12.5. The molecule has 3 nitrogen and oxygen atoms in total. The summed E-state index contributed by atoms with van der Waals surface area (Å²) in [5.74, 6) is 0.335. The highest BCUT2D eigenvalue weighted by Gasteiger charge is 2.16. The standard InChI is InChI=1S/C13H17NO2S/c15-13(14-16-11-6-4-5-7-11)10-17-12-8-2-1-3-9-12/h1-3,8-9,11H,4-7,10H2,(H,14,15). The maximum Gasteiger partial charge on any atom is 0.253 e. The molecule has 1 amide bonds. The van der Waals surface area contributed by atoms with E-state index in [0.717, 1.165) is 17.7 Å². The largest absolute Gasteiger partial charge is 0.272 e. The molecular formula is C13H17NO2S. The van der Waals surface area contributed by atoms with E-state index < -0.39 is 0 Å². The summed E-state index contributed by atoms with van der Waals surface area (Å²) in [4.78, 5) is 18.0. The Morgan fingerprint density at radius 3 is 2.71 bits per heavy atom. The van der Waals surface area contributed by atoms with E-state index in [9.17, 15) is 4.79 Å². The van der Waals surface area contributed by atoms with Gasteiger partial charge in [-0.25, -0.2) is 5.48 Å². The number of benzene rings is 1. The van der Waals surface area contributed by atoms with Gasteiger partial charge in [0.15, 0.2) is 0 Å². The molecular weight excluding hydrogens is 234 g/mol. The van der Waals surface area contributed by atoms with Gasteiger partial charge in [-0.2, -0.15) is 0 Å². The molecule has 0 atom stereocenters. The average molecular weight is 251 g/mol. The lowest BCUT2D eigenvalue weighted by Crippen LogP contribution is -2.29. The highest BCUT2D eigenvalue weighted by molar-refractivity contribution is 8.00. The molecule has 0 unspecified atom stereocenters. The first-order valence-electron chi connectivity index (χ1n) is 5.97. The number of nitrogens with one attached hydrogen (secondary N) is 1. The minimum Gasteiger partial charge on any atom is -0.272 e. The van der Waals surface area contributed by atoms with Crippen LogP contribution in [0, 0.1) is 0 Å². The minimum absolute atomic E-state index is 0.0641. The first-order chi connectivity index (χ1) is 8.34. The lowest BCUT2D eigenvalue weighted by atomic mass is 10.3. The van der Waals surface area contributed by atoms with Gasteiger partial charge in [-0.15, -0.1) is 11.8 Å². The van der Waals surface area contributed by atoms with Gasteiger partial charge >= 0.3 is 0 Å². The van der Waals surface area contributed by atoms with Gasteiger partial charge in [-0.3, -0.25) is 9.63 Å². The molecule has 17 heavy (non-hydrogen) atoms. The fraction of sp³-hybridized carbons (Fsp3) is 0.462. The molecule has 4 heteroatoms. The van der Waals surface area contributed by atoms with Gasteiger partial charge in [0.2, 0.25) is 0 Å². The van der Waals surface area contributed by atoms with Crippen molar-refractivity contribution in [2.45, 2.75) is 36.7 Å². The molecule has 0 spiro atoms. The molecule has 1 aromatic carbocycles. The van der Waals surface area contributed by atoms with Crippen LogP contribution in [0.5, 0.6) is 0 Å². The Morgan fingerprint density at radius 2 is 2.00 bits per heavy atom. The smallest absolute Gasteiger partial charge is 0.253 e. The number of carbonyl (C=O) groups excluding carboxylic acids is 1. The minimum atomic E-state index is -0.0641. The summed E-state index contributed by atoms with van der Waals surface area (Å²) in [5.41, 5.74) is 2.54. The van der Waals surface area contributed by atoms with Crippen LogP contribution < -0.4 is 5.48 Å². The Labute approximate surface area is 106 Å². The van der Waals surface area contributed by atoms with Crippen LogP contribution in [0.25, 0.3) is 0 Å². The third-order valence-electron chi connectivity index (χ3n) is 2.75. The van der Waals surface area contributed by atoms with Gasteiger partial charge in [0.05, 0.1) is 11.9 Å². The molecule has 0 bridgehead atoms. The highest BCUT2D eigenvalue weighted by atomic mass is 32.2. The number of thioether (sulfide) groups is 1. The Bertz CT molecular complexity index is 350. The third kappa shape index (κ3) is 4.40. The lowest BCUT2D eigenvalue weighted by Gasteiger charge is -2.10. The van der Waals surface area contributed by atoms with Crippen molar-refractivity contribution >= 4 is 17.7 Å². The zero-order valence-electron chi connectivity index (χ0n) is 9.72. The molecule has 1 saturated carbocycles. The average Bonchev–Trinajstić information content (AvgIpc) is 2.88. The molecule has 1 fully saturated rings. The highest BCUT2D eigenvalue weighted by Crippen LogP contribution is 2.20. The van der Waals surface area contributed by atoms with E-state index in [1.807, 2.05) is 30.3 Å². The fourth-order valence-electron chi connectivity index (χ4n) is 1.85. The van der Waals surface area contributed by atoms with Gasteiger partial charge < -0.3 is 0 Å². The predicted octanol–water partition coefficient (Wildman–Crippen LogP) is 2.77. The van der Waals surface area contributed by atoms with E-state index in [2.05, 4.69) is 5.48 Å². The van der Waals surface area contributed by atoms with Crippen molar-refractivity contribution in [2.75, 3.05) is 5.75 Å². The van der Waals surface area contributed by atoms with Crippen LogP contribution in [-0.4, -0.2) is 17.8 Å². The number of carbonyl (C=O) groups is 1. The van der Waals surface area contributed by atoms with Crippen LogP contribution in [0.4, 0.5) is 0 Å². The van der Waals surface area contributed by atoms with Crippen LogP contribution in [-0.2, 0) is 9.63 Å². The van der Waals surface area contributed by atoms with Gasteiger partial charge in [-0.05, 0) is 25.0 Å². The molecule has 1 N–H and O–H groups in total. The monoisotopic (exact) mass is 251 g/mol. The second-order valence-electron chi connectivity index (χ2n) is 4.15. The van der Waals surface area contributed by atoms with Crippen molar-refractivity contribution in [3.05, 3.63) is 30.3 Å². The maximum absolute atomic E-state index is 11.5. The van der Waals surface area contributed by atoms with Crippen molar-refractivity contribution < 1.29 is 9.63 Å². The number of hydrogen-bond donors (Lipinski definition) is 1. The number of rotatable bonds is 5. The van der Waals surface area contributed by atoms with Gasteiger partial charge in [0, 0.05) is 4.90 Å². The summed E-state index contributed by atoms with van der Waals surface area (Å²) in [6.45, 7) is 0. The van der Waals surface area contributed by atoms with E-state index in [0.29, 0.717) is 5.75 Å². The Hall–Kier alpha value is -1.00. The summed E-state index contributed by atoms with van der Waals surface area (Å²) in [6, 6.07) is 9.89. The SMILES string of the molecule is O=C(CSc1ccccc1)NOC1CCCC1. The summed E-state index contributed by atoms with van der Waals surface area (Å²) < 4.78 is 0. The molecule has 0 aliphatic heterocycles. The van der Waals surface area contributed by atoms with Crippen molar-refractivity contribution in [2.24, 2.45) is 0 Å². The molecule has 0 aromatic heterocycles. The van der Waals surface area contributed by atoms with Gasteiger partial charge in [0.1, 0.15) is 0 Å². The van der Waals surface area contributed by atoms with E-state index >= 15 is 0 Å². The lowest BCUT2D eigenvalue weighted by molar-refractivity contribution is -0.135. The second-order valence-corrected chi connectivity index (χ2v) is 5.20. The molecule has 0 radical (unpaired) electrons. The summed E-state index contributed by atoms with van der Waals surface area (Å²) >= 11 is 1.52. The van der Waals surface area contributed by atoms with Gasteiger partial charge in [-0.1, -0.05) is 31.0 Å². The quantitative estimate of drug-likeness (QED) is 0.646. The summed E-state index contributed by atoms with van der Waals surface area (Å²) in [6.07, 6.45) is 4.76. The second kappa shape index (κ2) is 6.67. The van der Waals surface area contributed by atoms with Crippen LogP contribution in [0.2, 0.25) is 0 Å². The molecule has 0 saturated heterocycles. The Kier molecular flexibility index (Phi) is 4.88. The Morgan fingerprint density at radius 1 is 1.29 bits per heavy atom. The molecule has 1 aliphatic rings. The number of hydrogen-bond acceptors (Lipinski definition) is 3. The van der Waals surface area contributed by atoms with E-state index in [4.69, 9.17) is 4.84 Å². The molecule has 2 rings (SSSR count). The third-order valence-corrected chi connectivity index (χ3v) is 3.77. The summed E-state index contributed by atoms with van der Waals surface area (Å²) in [7, 11) is 0. The van der Waals surface area contributed by atoms with E-state index in [1.165, 1.54) is 24.6 Å². The van der Waals surface area contributed by atoms with Crippen molar-refractivity contribution in [1.29, 1.82) is 0 Å². The number of amides is 1. The first-order valence-corrected chi connectivity index (χ1v) is 6.95. The molecule has 1 aliphatic carbocycles. The molecule has 1 aromatic rings. The topological polar surface area (TPSA) is 38.3 Å². The van der Waals surface area contributed by atoms with Crippen LogP contribution >= 0.6 is 11.8 Å². The maximum atomic E-state index is 11.5. The zero-order valence-corrected chi connectivity index (χ0v) is 10.5. The Balaban J connectivity index is 1.64. The van der Waals surface area contributed by atoms with E-state index in [-0.39, 0.29) is 12.0 Å². The van der Waals surface area contributed by atoms with Crippen LogP contribution in [0.1, 0.15) is 25.7 Å². The molecule has 0 heterocycles. The zero-order chi connectivity index (χ0) is 11.9. The van der Waals surface area contributed by atoms with Crippen molar-refractivity contribution in [3.63, 3.8) is 0 Å². The van der Waals surface area contributed by atoms with Crippen molar-refractivity contribution in [3.8, 4) is 0 Å². The fourth-order valence-corrected chi connectivity index (χ4v) is 2.56. The van der Waals surface area contributed by atoms with Crippen LogP contribution in [0.15, 0.2) is 35.2 Å². The molecule has 92 valence electrons. The number of hydroxylamine groups is 1. The van der Waals surface area contributed by atoms with Crippen molar-refractivity contribution in [1.82, 2.24) is 5.48 Å². The van der Waals surface area contributed by atoms with E-state index in [1.54, 1.807) is 0 Å². The normalized spacial score (nSPS) is 16.0. The predicted molar refractivity (Wildman–Crippen MR) is 68.6 cm³/mol. The van der Waals surface area contributed by atoms with Gasteiger partial charge in [0.25, 0.3) is 5.91 Å². The van der Waals surface area contributed by atoms with Crippen LogP contribution in [0.3, 0.4) is 0 Å².